The number of fused-ring (bicyclic) bond motifs is 2. The summed E-state index contributed by atoms with van der Waals surface area (Å²) >= 11 is 0. The molecule has 11 heteroatoms. The number of benzene rings is 1. The molecule has 0 amide bonds. The van der Waals surface area contributed by atoms with Gasteiger partial charge in [-0.2, -0.15) is 0 Å². The third-order valence-corrected chi connectivity index (χ3v) is 6.52. The summed E-state index contributed by atoms with van der Waals surface area (Å²) in [5, 5.41) is 11.8. The van der Waals surface area contributed by atoms with Gasteiger partial charge >= 0.3 is 0 Å². The predicted molar refractivity (Wildman–Crippen MR) is 162 cm³/mol. The molecule has 42 heavy (non-hydrogen) atoms. The Kier molecular flexibility index (Phi) is 10.8. The van der Waals surface area contributed by atoms with Crippen LogP contribution in [-0.2, 0) is 17.8 Å². The van der Waals surface area contributed by atoms with Gasteiger partial charge < -0.3 is 24.7 Å². The molecule has 3 aromatic heterocycles. The van der Waals surface area contributed by atoms with Crippen LogP contribution < -0.4 is 5.32 Å². The van der Waals surface area contributed by atoms with Crippen LogP contribution in [-0.4, -0.2) is 60.0 Å². The highest BCUT2D eigenvalue weighted by molar-refractivity contribution is 5.83. The number of rotatable bonds is 6. The standard InChI is InChI=1S/C24H25F2N7.C5H10O2.C2H6/c1-13(2)33-14(3)28-23-17(25)9-16(10-20(23)33)22-18(26)11-27-24(31-22)30-21-6-5-15-12-32(4)8-7-19(15)29-21;1-5(2,7)3-4-6;1-2/h5-6,9-11,13H,7-8,12H2,1-4H3,(H,27,29,30,31);4,7H,3H2,1-2H3;1-2H3. The number of aromatic nitrogens is 5. The van der Waals surface area contributed by atoms with E-state index >= 15 is 0 Å². The van der Waals surface area contributed by atoms with Crippen molar-refractivity contribution < 1.29 is 18.7 Å². The highest BCUT2D eigenvalue weighted by atomic mass is 19.1. The number of carbonyl (C=O) groups excluding carboxylic acids is 1. The molecule has 1 aliphatic rings. The lowest BCUT2D eigenvalue weighted by molar-refractivity contribution is -0.111. The molecule has 4 heterocycles. The minimum absolute atomic E-state index is 0.0158. The molecule has 0 fully saturated rings. The molecule has 9 nitrogen and oxygen atoms in total. The smallest absolute Gasteiger partial charge is 0.229 e. The molecule has 5 rings (SSSR count). The van der Waals surface area contributed by atoms with E-state index in [2.05, 4.69) is 37.2 Å². The van der Waals surface area contributed by atoms with Crippen LogP contribution in [0.5, 0.6) is 0 Å². The molecule has 0 unspecified atom stereocenters. The van der Waals surface area contributed by atoms with E-state index in [0.717, 1.165) is 31.4 Å². The van der Waals surface area contributed by atoms with Crippen LogP contribution in [0.25, 0.3) is 22.3 Å². The molecule has 0 spiro atoms. The number of halogens is 2. The summed E-state index contributed by atoms with van der Waals surface area (Å²) in [6, 6.07) is 6.96. The SMILES string of the molecule is CC.CC(C)(O)CC=O.Cc1nc2c(F)cc(-c3nc(Nc4ccc5c(n4)CCN(C)C5)ncc3F)cc2n1C(C)C. The van der Waals surface area contributed by atoms with Crippen molar-refractivity contribution in [2.75, 3.05) is 18.9 Å². The molecule has 0 saturated carbocycles. The quantitative estimate of drug-likeness (QED) is 0.261. The van der Waals surface area contributed by atoms with Gasteiger partial charge in [-0.15, -0.1) is 0 Å². The summed E-state index contributed by atoms with van der Waals surface area (Å²) in [7, 11) is 2.08. The minimum Gasteiger partial charge on any atom is -0.390 e. The molecule has 0 atom stereocenters. The summed E-state index contributed by atoms with van der Waals surface area (Å²) in [6.07, 6.45) is 2.87. The second-order valence-electron chi connectivity index (χ2n) is 10.9. The van der Waals surface area contributed by atoms with Gasteiger partial charge in [0, 0.05) is 43.2 Å². The number of anilines is 2. The molecule has 4 aromatic rings. The zero-order chi connectivity index (χ0) is 31.2. The van der Waals surface area contributed by atoms with Crippen LogP contribution >= 0.6 is 0 Å². The molecular formula is C31H41F2N7O2. The normalized spacial score (nSPS) is 13.1. The van der Waals surface area contributed by atoms with Crippen molar-refractivity contribution in [2.24, 2.45) is 0 Å². The molecule has 0 radical (unpaired) electrons. The number of aryl methyl sites for hydroxylation is 1. The summed E-state index contributed by atoms with van der Waals surface area (Å²) in [4.78, 5) is 29.3. The largest absolute Gasteiger partial charge is 0.390 e. The van der Waals surface area contributed by atoms with Crippen molar-refractivity contribution in [1.29, 1.82) is 0 Å². The average molecular weight is 582 g/mol. The lowest BCUT2D eigenvalue weighted by Crippen LogP contribution is -2.27. The van der Waals surface area contributed by atoms with E-state index in [1.807, 2.05) is 51.3 Å². The van der Waals surface area contributed by atoms with Gasteiger partial charge in [0.05, 0.1) is 17.3 Å². The monoisotopic (exact) mass is 581 g/mol. The van der Waals surface area contributed by atoms with Gasteiger partial charge in [-0.25, -0.2) is 28.7 Å². The van der Waals surface area contributed by atoms with Crippen molar-refractivity contribution in [3.8, 4) is 11.3 Å². The van der Waals surface area contributed by atoms with Crippen molar-refractivity contribution in [2.45, 2.75) is 79.5 Å². The number of hydrogen-bond acceptors (Lipinski definition) is 8. The number of pyridine rings is 1. The first-order chi connectivity index (χ1) is 19.9. The zero-order valence-corrected chi connectivity index (χ0v) is 25.7. The Hall–Kier alpha value is -3.83. The maximum Gasteiger partial charge on any atom is 0.229 e. The molecule has 0 bridgehead atoms. The number of nitrogens with zero attached hydrogens (tertiary/aromatic N) is 6. The summed E-state index contributed by atoms with van der Waals surface area (Å²) in [5.74, 6) is 0.338. The van der Waals surface area contributed by atoms with Crippen molar-refractivity contribution in [1.82, 2.24) is 29.4 Å². The van der Waals surface area contributed by atoms with E-state index in [1.165, 1.54) is 11.6 Å². The second kappa shape index (κ2) is 13.9. The third-order valence-electron chi connectivity index (χ3n) is 6.52. The van der Waals surface area contributed by atoms with Gasteiger partial charge in [0.1, 0.15) is 29.1 Å². The summed E-state index contributed by atoms with van der Waals surface area (Å²) < 4.78 is 31.5. The van der Waals surface area contributed by atoms with E-state index < -0.39 is 17.2 Å². The van der Waals surface area contributed by atoms with E-state index in [1.54, 1.807) is 19.9 Å². The van der Waals surface area contributed by atoms with Crippen LogP contribution in [0.4, 0.5) is 20.5 Å². The van der Waals surface area contributed by atoms with Crippen LogP contribution in [0, 0.1) is 18.6 Å². The number of likely N-dealkylation sites (N-methyl/N-ethyl adjacent to an activating group) is 1. The van der Waals surface area contributed by atoms with Crippen LogP contribution in [0.1, 0.15) is 71.1 Å². The first kappa shape index (κ1) is 32.7. The maximum atomic E-state index is 14.9. The molecule has 226 valence electrons. The van der Waals surface area contributed by atoms with Gasteiger partial charge in [-0.05, 0) is 65.4 Å². The van der Waals surface area contributed by atoms with Gasteiger partial charge in [0.25, 0.3) is 0 Å². The Morgan fingerprint density at radius 2 is 1.83 bits per heavy atom. The fourth-order valence-corrected chi connectivity index (χ4v) is 4.63. The van der Waals surface area contributed by atoms with Gasteiger partial charge in [-0.1, -0.05) is 19.9 Å². The molecule has 0 saturated heterocycles. The maximum absolute atomic E-state index is 14.9. The lowest BCUT2D eigenvalue weighted by atomic mass is 10.1. The molecule has 1 aromatic carbocycles. The molecular weight excluding hydrogens is 540 g/mol. The number of imidazole rings is 1. The summed E-state index contributed by atoms with van der Waals surface area (Å²) in [5.41, 5.74) is 2.62. The van der Waals surface area contributed by atoms with Crippen molar-refractivity contribution in [3.63, 3.8) is 0 Å². The van der Waals surface area contributed by atoms with E-state index in [4.69, 9.17) is 5.11 Å². The Balaban J connectivity index is 0.000000474. The number of carbonyl (C=O) groups is 1. The minimum atomic E-state index is -0.818. The van der Waals surface area contributed by atoms with Crippen LogP contribution in [0.2, 0.25) is 0 Å². The zero-order valence-electron chi connectivity index (χ0n) is 25.7. The average Bonchev–Trinajstić information content (AvgIpc) is 3.27. The first-order valence-corrected chi connectivity index (χ1v) is 14.2. The lowest BCUT2D eigenvalue weighted by Gasteiger charge is -2.24. The highest BCUT2D eigenvalue weighted by Crippen LogP contribution is 2.30. The Labute approximate surface area is 246 Å². The number of nitrogens with one attached hydrogen (secondary N) is 1. The molecule has 0 aliphatic carbocycles. The van der Waals surface area contributed by atoms with Gasteiger partial charge in [-0.3, -0.25) is 0 Å². The third kappa shape index (κ3) is 7.92. The second-order valence-corrected chi connectivity index (χ2v) is 10.9. The van der Waals surface area contributed by atoms with Crippen LogP contribution in [0.15, 0.2) is 30.5 Å². The Morgan fingerprint density at radius 1 is 1.12 bits per heavy atom. The van der Waals surface area contributed by atoms with E-state index in [0.29, 0.717) is 29.0 Å². The highest BCUT2D eigenvalue weighted by Gasteiger charge is 2.19. The fraction of sp³-hybridized carbons (Fsp3) is 0.452. The van der Waals surface area contributed by atoms with E-state index in [-0.39, 0.29) is 29.6 Å². The van der Waals surface area contributed by atoms with Crippen LogP contribution in [0.3, 0.4) is 0 Å². The van der Waals surface area contributed by atoms with Crippen molar-refractivity contribution in [3.05, 3.63) is 59.2 Å². The van der Waals surface area contributed by atoms with E-state index in [9.17, 15) is 13.6 Å². The Morgan fingerprint density at radius 3 is 2.45 bits per heavy atom. The number of aliphatic hydroxyl groups is 1. The Bertz CT molecular complexity index is 1530. The summed E-state index contributed by atoms with van der Waals surface area (Å²) in [6.45, 7) is 14.8. The molecule has 1 aliphatic heterocycles. The fourth-order valence-electron chi connectivity index (χ4n) is 4.63. The topological polar surface area (TPSA) is 109 Å². The van der Waals surface area contributed by atoms with Gasteiger partial charge in [0.2, 0.25) is 5.95 Å². The van der Waals surface area contributed by atoms with Crippen molar-refractivity contribution >= 4 is 29.1 Å². The number of aldehydes is 1. The first-order valence-electron chi connectivity index (χ1n) is 14.2. The molecule has 2 N–H and O–H groups in total. The van der Waals surface area contributed by atoms with Gasteiger partial charge in [0.15, 0.2) is 11.6 Å². The number of hydrogen-bond donors (Lipinski definition) is 2. The predicted octanol–water partition coefficient (Wildman–Crippen LogP) is 6.16.